The molecule has 1 fully saturated rings. The Kier molecular flexibility index (Phi) is 6.41. The Morgan fingerprint density at radius 2 is 1.88 bits per heavy atom. The normalized spacial score (nSPS) is 17.7. The minimum absolute atomic E-state index is 0.0464. The summed E-state index contributed by atoms with van der Waals surface area (Å²) in [5.74, 6) is 0.765. The van der Waals surface area contributed by atoms with Gasteiger partial charge >= 0.3 is 0 Å². The van der Waals surface area contributed by atoms with Gasteiger partial charge in [-0.3, -0.25) is 9.69 Å². The summed E-state index contributed by atoms with van der Waals surface area (Å²) in [4.78, 5) is 14.9. The standard InChI is InChI=1S/C20H22Cl2N2O2/c1-26-16-9-7-15(8-10-16)23-20(25)14-4-3-11-24(12-14)13-17-18(21)5-2-6-19(17)22/h2,5-10,14H,3-4,11-13H2,1H3,(H,23,25). The highest BCUT2D eigenvalue weighted by molar-refractivity contribution is 6.35. The average Bonchev–Trinajstić information content (AvgIpc) is 2.66. The number of halogens is 2. The van der Waals surface area contributed by atoms with Crippen LogP contribution in [0, 0.1) is 5.92 Å². The Hall–Kier alpha value is -1.75. The molecular formula is C20H22Cl2N2O2. The molecule has 4 nitrogen and oxygen atoms in total. The van der Waals surface area contributed by atoms with E-state index in [9.17, 15) is 4.79 Å². The number of methoxy groups -OCH3 is 1. The summed E-state index contributed by atoms with van der Waals surface area (Å²) in [5.41, 5.74) is 1.70. The van der Waals surface area contributed by atoms with Gasteiger partial charge in [0, 0.05) is 34.4 Å². The summed E-state index contributed by atoms with van der Waals surface area (Å²) in [6.07, 6.45) is 1.86. The zero-order valence-corrected chi connectivity index (χ0v) is 16.2. The molecule has 138 valence electrons. The van der Waals surface area contributed by atoms with Crippen molar-refractivity contribution in [3.8, 4) is 5.75 Å². The molecule has 0 bridgehead atoms. The molecule has 1 amide bonds. The molecule has 0 saturated carbocycles. The van der Waals surface area contributed by atoms with Gasteiger partial charge in [-0.2, -0.15) is 0 Å². The van der Waals surface area contributed by atoms with Crippen molar-refractivity contribution in [2.24, 2.45) is 5.92 Å². The summed E-state index contributed by atoms with van der Waals surface area (Å²) >= 11 is 12.6. The maximum Gasteiger partial charge on any atom is 0.228 e. The van der Waals surface area contributed by atoms with Crippen LogP contribution < -0.4 is 10.1 Å². The number of carbonyl (C=O) groups excluding carboxylic acids is 1. The van der Waals surface area contributed by atoms with E-state index in [1.165, 1.54) is 0 Å². The number of benzene rings is 2. The Bertz CT molecular complexity index is 745. The van der Waals surface area contributed by atoms with E-state index in [-0.39, 0.29) is 11.8 Å². The number of likely N-dealkylation sites (tertiary alicyclic amines) is 1. The lowest BCUT2D eigenvalue weighted by Crippen LogP contribution is -2.40. The number of amides is 1. The number of rotatable bonds is 5. The summed E-state index contributed by atoms with van der Waals surface area (Å²) in [7, 11) is 1.62. The highest BCUT2D eigenvalue weighted by Crippen LogP contribution is 2.28. The Morgan fingerprint density at radius 1 is 1.19 bits per heavy atom. The van der Waals surface area contributed by atoms with Crippen LogP contribution >= 0.6 is 23.2 Å². The molecular weight excluding hydrogens is 371 g/mol. The molecule has 26 heavy (non-hydrogen) atoms. The molecule has 1 saturated heterocycles. The van der Waals surface area contributed by atoms with E-state index in [0.29, 0.717) is 23.1 Å². The van der Waals surface area contributed by atoms with E-state index in [2.05, 4.69) is 10.2 Å². The second kappa shape index (κ2) is 8.76. The van der Waals surface area contributed by atoms with E-state index in [0.717, 1.165) is 36.4 Å². The van der Waals surface area contributed by atoms with E-state index < -0.39 is 0 Å². The van der Waals surface area contributed by atoms with Gasteiger partial charge in [-0.1, -0.05) is 29.3 Å². The van der Waals surface area contributed by atoms with Crippen LogP contribution in [-0.2, 0) is 11.3 Å². The third-order valence-corrected chi connectivity index (χ3v) is 5.39. The molecule has 1 N–H and O–H groups in total. The lowest BCUT2D eigenvalue weighted by molar-refractivity contribution is -0.121. The van der Waals surface area contributed by atoms with Crippen molar-refractivity contribution in [2.45, 2.75) is 19.4 Å². The van der Waals surface area contributed by atoms with Gasteiger partial charge in [-0.15, -0.1) is 0 Å². The molecule has 0 spiro atoms. The van der Waals surface area contributed by atoms with Crippen LogP contribution in [0.25, 0.3) is 0 Å². The van der Waals surface area contributed by atoms with Gasteiger partial charge in [0.25, 0.3) is 0 Å². The van der Waals surface area contributed by atoms with Crippen LogP contribution in [0.2, 0.25) is 10.0 Å². The van der Waals surface area contributed by atoms with Crippen molar-refractivity contribution in [1.29, 1.82) is 0 Å². The number of nitrogens with zero attached hydrogens (tertiary/aromatic N) is 1. The first-order valence-corrected chi connectivity index (χ1v) is 9.42. The Balaban J connectivity index is 1.61. The van der Waals surface area contributed by atoms with E-state index in [1.807, 2.05) is 42.5 Å². The highest BCUT2D eigenvalue weighted by Gasteiger charge is 2.26. The predicted octanol–water partition coefficient (Wildman–Crippen LogP) is 4.85. The van der Waals surface area contributed by atoms with Crippen LogP contribution in [0.5, 0.6) is 5.75 Å². The van der Waals surface area contributed by atoms with E-state index >= 15 is 0 Å². The Morgan fingerprint density at radius 3 is 2.54 bits per heavy atom. The van der Waals surface area contributed by atoms with Crippen molar-refractivity contribution >= 4 is 34.8 Å². The monoisotopic (exact) mass is 392 g/mol. The molecule has 2 aromatic rings. The van der Waals surface area contributed by atoms with Crippen LogP contribution in [-0.4, -0.2) is 31.0 Å². The largest absolute Gasteiger partial charge is 0.497 e. The van der Waals surface area contributed by atoms with Gasteiger partial charge in [0.2, 0.25) is 5.91 Å². The second-order valence-corrected chi connectivity index (χ2v) is 7.31. The third-order valence-electron chi connectivity index (χ3n) is 4.68. The van der Waals surface area contributed by atoms with Gasteiger partial charge in [-0.05, 0) is 55.8 Å². The minimum Gasteiger partial charge on any atom is -0.497 e. The maximum atomic E-state index is 12.6. The molecule has 0 aliphatic carbocycles. The van der Waals surface area contributed by atoms with Crippen LogP contribution in [0.15, 0.2) is 42.5 Å². The van der Waals surface area contributed by atoms with E-state index in [1.54, 1.807) is 7.11 Å². The van der Waals surface area contributed by atoms with Gasteiger partial charge in [0.05, 0.1) is 13.0 Å². The molecule has 6 heteroatoms. The first-order chi connectivity index (χ1) is 12.6. The third kappa shape index (κ3) is 4.70. The Labute approximate surface area is 164 Å². The van der Waals surface area contributed by atoms with Gasteiger partial charge < -0.3 is 10.1 Å². The van der Waals surface area contributed by atoms with Crippen molar-refractivity contribution in [3.05, 3.63) is 58.1 Å². The highest BCUT2D eigenvalue weighted by atomic mass is 35.5. The van der Waals surface area contributed by atoms with Crippen molar-refractivity contribution in [3.63, 3.8) is 0 Å². The quantitative estimate of drug-likeness (QED) is 0.790. The summed E-state index contributed by atoms with van der Waals surface area (Å²) < 4.78 is 5.14. The predicted molar refractivity (Wildman–Crippen MR) is 106 cm³/mol. The van der Waals surface area contributed by atoms with Gasteiger partial charge in [0.1, 0.15) is 5.75 Å². The maximum absolute atomic E-state index is 12.6. The molecule has 2 aromatic carbocycles. The molecule has 1 heterocycles. The zero-order valence-electron chi connectivity index (χ0n) is 14.7. The zero-order chi connectivity index (χ0) is 18.5. The number of nitrogens with one attached hydrogen (secondary N) is 1. The SMILES string of the molecule is COc1ccc(NC(=O)C2CCCN(Cc3c(Cl)cccc3Cl)C2)cc1. The van der Waals surface area contributed by atoms with Crippen molar-refractivity contribution < 1.29 is 9.53 Å². The molecule has 1 unspecified atom stereocenters. The molecule has 1 atom stereocenters. The lowest BCUT2D eigenvalue weighted by atomic mass is 9.96. The molecule has 0 radical (unpaired) electrons. The van der Waals surface area contributed by atoms with Gasteiger partial charge in [0.15, 0.2) is 0 Å². The fourth-order valence-corrected chi connectivity index (χ4v) is 3.76. The molecule has 1 aliphatic heterocycles. The van der Waals surface area contributed by atoms with Gasteiger partial charge in [-0.25, -0.2) is 0 Å². The van der Waals surface area contributed by atoms with Crippen LogP contribution in [0.4, 0.5) is 5.69 Å². The molecule has 0 aromatic heterocycles. The first kappa shape index (κ1) is 19.0. The van der Waals surface area contributed by atoms with Crippen molar-refractivity contribution in [1.82, 2.24) is 4.90 Å². The number of ether oxygens (including phenoxy) is 1. The minimum atomic E-state index is -0.0490. The number of hydrogen-bond acceptors (Lipinski definition) is 3. The number of piperidine rings is 1. The fraction of sp³-hybridized carbons (Fsp3) is 0.350. The van der Waals surface area contributed by atoms with E-state index in [4.69, 9.17) is 27.9 Å². The number of hydrogen-bond donors (Lipinski definition) is 1. The summed E-state index contributed by atoms with van der Waals surface area (Å²) in [6.45, 7) is 2.29. The first-order valence-electron chi connectivity index (χ1n) is 8.67. The fourth-order valence-electron chi connectivity index (χ4n) is 3.24. The molecule has 1 aliphatic rings. The number of anilines is 1. The van der Waals surface area contributed by atoms with Crippen molar-refractivity contribution in [2.75, 3.05) is 25.5 Å². The number of carbonyl (C=O) groups is 1. The summed E-state index contributed by atoms with van der Waals surface area (Å²) in [5, 5.41) is 4.33. The topological polar surface area (TPSA) is 41.6 Å². The van der Waals surface area contributed by atoms with Crippen LogP contribution in [0.1, 0.15) is 18.4 Å². The lowest BCUT2D eigenvalue weighted by Gasteiger charge is -2.32. The second-order valence-electron chi connectivity index (χ2n) is 6.49. The average molecular weight is 393 g/mol. The smallest absolute Gasteiger partial charge is 0.228 e. The molecule has 3 rings (SSSR count). The summed E-state index contributed by atoms with van der Waals surface area (Å²) in [6, 6.07) is 12.9. The van der Waals surface area contributed by atoms with Crippen LogP contribution in [0.3, 0.4) is 0 Å².